The van der Waals surface area contributed by atoms with E-state index in [0.717, 1.165) is 5.75 Å². The Balaban J connectivity index is 2.09. The summed E-state index contributed by atoms with van der Waals surface area (Å²) in [5.74, 6) is 0.817. The minimum absolute atomic E-state index is 0.410. The van der Waals surface area contributed by atoms with Crippen LogP contribution in [0, 0.1) is 25.2 Å². The quantitative estimate of drug-likeness (QED) is 0.624. The van der Waals surface area contributed by atoms with Gasteiger partial charge in [0.05, 0.1) is 0 Å². The number of nitrogens with zero attached hydrogens (tertiary/aromatic N) is 3. The third-order valence-corrected chi connectivity index (χ3v) is 3.33. The molecule has 2 rings (SSSR count). The zero-order chi connectivity index (χ0) is 13.0. The SMILES string of the molecule is Cc1cc(C)cc(CSc2nccc(C#N)n2)c1. The first-order valence-electron chi connectivity index (χ1n) is 5.60. The molecule has 0 radical (unpaired) electrons. The molecule has 0 aliphatic rings. The van der Waals surface area contributed by atoms with E-state index >= 15 is 0 Å². The summed E-state index contributed by atoms with van der Waals surface area (Å²) >= 11 is 1.55. The number of thioether (sulfide) groups is 1. The van der Waals surface area contributed by atoms with E-state index < -0.39 is 0 Å². The molecule has 2 aromatic rings. The number of nitriles is 1. The Kier molecular flexibility index (Phi) is 3.96. The first kappa shape index (κ1) is 12.6. The molecule has 90 valence electrons. The lowest BCUT2D eigenvalue weighted by Gasteiger charge is -2.04. The van der Waals surface area contributed by atoms with Crippen molar-refractivity contribution in [2.24, 2.45) is 0 Å². The summed E-state index contributed by atoms with van der Waals surface area (Å²) in [6, 6.07) is 10.1. The lowest BCUT2D eigenvalue weighted by atomic mass is 10.1. The maximum absolute atomic E-state index is 8.77. The van der Waals surface area contributed by atoms with Crippen LogP contribution in [0.5, 0.6) is 0 Å². The number of rotatable bonds is 3. The van der Waals surface area contributed by atoms with Crippen LogP contribution in [-0.2, 0) is 5.75 Å². The van der Waals surface area contributed by atoms with E-state index in [1.807, 2.05) is 6.07 Å². The summed E-state index contributed by atoms with van der Waals surface area (Å²) in [4.78, 5) is 8.29. The predicted octanol–water partition coefficient (Wildman–Crippen LogP) is 3.26. The monoisotopic (exact) mass is 255 g/mol. The van der Waals surface area contributed by atoms with Crippen molar-refractivity contribution in [1.29, 1.82) is 5.26 Å². The molecule has 1 heterocycles. The number of hydrogen-bond donors (Lipinski definition) is 0. The van der Waals surface area contributed by atoms with E-state index in [-0.39, 0.29) is 0 Å². The molecule has 0 bridgehead atoms. The second kappa shape index (κ2) is 5.65. The van der Waals surface area contributed by atoms with E-state index in [2.05, 4.69) is 42.0 Å². The van der Waals surface area contributed by atoms with Crippen LogP contribution in [0.1, 0.15) is 22.4 Å². The van der Waals surface area contributed by atoms with Crippen LogP contribution in [0.15, 0.2) is 35.6 Å². The third-order valence-electron chi connectivity index (χ3n) is 2.40. The van der Waals surface area contributed by atoms with E-state index in [9.17, 15) is 0 Å². The second-order valence-corrected chi connectivity index (χ2v) is 5.06. The fourth-order valence-corrected chi connectivity index (χ4v) is 2.53. The molecule has 0 amide bonds. The van der Waals surface area contributed by atoms with Gasteiger partial charge in [0.25, 0.3) is 0 Å². The van der Waals surface area contributed by atoms with E-state index in [1.165, 1.54) is 16.7 Å². The molecule has 1 aromatic heterocycles. The van der Waals surface area contributed by atoms with Crippen LogP contribution < -0.4 is 0 Å². The van der Waals surface area contributed by atoms with Gasteiger partial charge in [0, 0.05) is 11.9 Å². The molecule has 0 aliphatic carbocycles. The van der Waals surface area contributed by atoms with Crippen LogP contribution in [0.25, 0.3) is 0 Å². The summed E-state index contributed by atoms with van der Waals surface area (Å²) in [5.41, 5.74) is 4.19. The van der Waals surface area contributed by atoms with Gasteiger partial charge in [0.2, 0.25) is 0 Å². The fourth-order valence-electron chi connectivity index (χ4n) is 1.77. The zero-order valence-electron chi connectivity index (χ0n) is 10.3. The highest BCUT2D eigenvalue weighted by molar-refractivity contribution is 7.98. The maximum Gasteiger partial charge on any atom is 0.189 e. The molecular formula is C14H13N3S. The van der Waals surface area contributed by atoms with Crippen molar-refractivity contribution < 1.29 is 0 Å². The van der Waals surface area contributed by atoms with E-state index in [4.69, 9.17) is 5.26 Å². The van der Waals surface area contributed by atoms with Crippen molar-refractivity contribution in [3.8, 4) is 6.07 Å². The second-order valence-electron chi connectivity index (χ2n) is 4.12. The average molecular weight is 255 g/mol. The molecule has 18 heavy (non-hydrogen) atoms. The van der Waals surface area contributed by atoms with Crippen molar-refractivity contribution in [2.45, 2.75) is 24.8 Å². The average Bonchev–Trinajstić information content (AvgIpc) is 2.35. The van der Waals surface area contributed by atoms with Crippen LogP contribution in [0.3, 0.4) is 0 Å². The number of hydrogen-bond acceptors (Lipinski definition) is 4. The fraction of sp³-hybridized carbons (Fsp3) is 0.214. The van der Waals surface area contributed by atoms with Gasteiger partial charge in [-0.1, -0.05) is 41.1 Å². The maximum atomic E-state index is 8.77. The number of aryl methyl sites for hydroxylation is 2. The smallest absolute Gasteiger partial charge is 0.189 e. The van der Waals surface area contributed by atoms with Gasteiger partial charge in [-0.2, -0.15) is 5.26 Å². The molecule has 3 nitrogen and oxygen atoms in total. The van der Waals surface area contributed by atoms with Gasteiger partial charge in [0.1, 0.15) is 11.8 Å². The molecule has 1 aromatic carbocycles. The first-order chi connectivity index (χ1) is 8.67. The molecule has 0 saturated carbocycles. The highest BCUT2D eigenvalue weighted by Gasteiger charge is 2.02. The van der Waals surface area contributed by atoms with Crippen LogP contribution >= 0.6 is 11.8 Å². The molecule has 0 unspecified atom stereocenters. The van der Waals surface area contributed by atoms with Gasteiger partial charge >= 0.3 is 0 Å². The molecule has 0 fully saturated rings. The minimum Gasteiger partial charge on any atom is -0.231 e. The Hall–Kier alpha value is -1.86. The molecule has 0 aliphatic heterocycles. The highest BCUT2D eigenvalue weighted by Crippen LogP contribution is 2.20. The highest BCUT2D eigenvalue weighted by atomic mass is 32.2. The first-order valence-corrected chi connectivity index (χ1v) is 6.59. The molecule has 0 saturated heterocycles. The van der Waals surface area contributed by atoms with Crippen molar-refractivity contribution in [1.82, 2.24) is 9.97 Å². The Morgan fingerprint density at radius 2 is 1.94 bits per heavy atom. The van der Waals surface area contributed by atoms with Gasteiger partial charge in [0.15, 0.2) is 5.16 Å². The van der Waals surface area contributed by atoms with Gasteiger partial charge in [-0.3, -0.25) is 0 Å². The van der Waals surface area contributed by atoms with Crippen molar-refractivity contribution in [3.05, 3.63) is 52.8 Å². The largest absolute Gasteiger partial charge is 0.231 e. The number of benzene rings is 1. The minimum atomic E-state index is 0.410. The Morgan fingerprint density at radius 1 is 1.22 bits per heavy atom. The van der Waals surface area contributed by atoms with E-state index in [0.29, 0.717) is 10.9 Å². The van der Waals surface area contributed by atoms with Gasteiger partial charge < -0.3 is 0 Å². The summed E-state index contributed by atoms with van der Waals surface area (Å²) in [7, 11) is 0. The van der Waals surface area contributed by atoms with Crippen molar-refractivity contribution in [3.63, 3.8) is 0 Å². The summed E-state index contributed by atoms with van der Waals surface area (Å²) in [5, 5.41) is 9.42. The Labute approximate surface area is 111 Å². The molecule has 0 N–H and O–H groups in total. The Morgan fingerprint density at radius 3 is 2.61 bits per heavy atom. The van der Waals surface area contributed by atoms with Gasteiger partial charge in [-0.25, -0.2) is 9.97 Å². The predicted molar refractivity (Wildman–Crippen MR) is 72.2 cm³/mol. The van der Waals surface area contributed by atoms with Crippen molar-refractivity contribution in [2.75, 3.05) is 0 Å². The van der Waals surface area contributed by atoms with Crippen LogP contribution in [0.2, 0.25) is 0 Å². The molecular weight excluding hydrogens is 242 g/mol. The lowest BCUT2D eigenvalue weighted by molar-refractivity contribution is 0.952. The van der Waals surface area contributed by atoms with Crippen molar-refractivity contribution >= 4 is 11.8 Å². The Bertz CT molecular complexity index is 582. The zero-order valence-corrected chi connectivity index (χ0v) is 11.2. The van der Waals surface area contributed by atoms with Crippen LogP contribution in [-0.4, -0.2) is 9.97 Å². The third kappa shape index (κ3) is 3.31. The standard InChI is InChI=1S/C14H13N3S/c1-10-5-11(2)7-12(6-10)9-18-14-16-4-3-13(8-15)17-14/h3-7H,9H2,1-2H3. The lowest BCUT2D eigenvalue weighted by Crippen LogP contribution is -1.91. The molecule has 0 spiro atoms. The molecule has 4 heteroatoms. The van der Waals surface area contributed by atoms with Gasteiger partial charge in [-0.15, -0.1) is 0 Å². The van der Waals surface area contributed by atoms with Gasteiger partial charge in [-0.05, 0) is 25.5 Å². The summed E-state index contributed by atoms with van der Waals surface area (Å²) < 4.78 is 0. The van der Waals surface area contributed by atoms with E-state index in [1.54, 1.807) is 24.0 Å². The van der Waals surface area contributed by atoms with Crippen LogP contribution in [0.4, 0.5) is 0 Å². The number of aromatic nitrogens is 2. The molecule has 0 atom stereocenters. The summed E-state index contributed by atoms with van der Waals surface area (Å²) in [6.07, 6.45) is 1.62. The summed E-state index contributed by atoms with van der Waals surface area (Å²) in [6.45, 7) is 4.18. The normalized spacial score (nSPS) is 10.1. The topological polar surface area (TPSA) is 49.6 Å².